The lowest BCUT2D eigenvalue weighted by molar-refractivity contribution is 1.29. The topological polar surface area (TPSA) is 3.24 Å². The molecule has 0 amide bonds. The second kappa shape index (κ2) is 16.7. The molecule has 0 radical (unpaired) electrons. The number of rotatable bonds is 9. The Labute approximate surface area is 369 Å². The monoisotopic (exact) mass is 801 g/mol. The van der Waals surface area contributed by atoms with Crippen LogP contribution in [0.3, 0.4) is 0 Å². The van der Waals surface area contributed by atoms with Crippen LogP contribution >= 0.6 is 0 Å². The van der Waals surface area contributed by atoms with Crippen molar-refractivity contribution >= 4 is 38.6 Å². The van der Waals surface area contributed by atoms with Crippen molar-refractivity contribution in [2.24, 2.45) is 0 Å². The fourth-order valence-corrected chi connectivity index (χ4v) is 9.36. The van der Waals surface area contributed by atoms with Gasteiger partial charge >= 0.3 is 0 Å². The number of benzene rings is 11. The van der Waals surface area contributed by atoms with E-state index in [4.69, 9.17) is 0 Å². The average molecular weight is 802 g/mol. The van der Waals surface area contributed by atoms with Crippen molar-refractivity contribution in [3.8, 4) is 66.8 Å². The summed E-state index contributed by atoms with van der Waals surface area (Å²) in [6.07, 6.45) is 0. The molecule has 11 rings (SSSR count). The second-order valence-electron chi connectivity index (χ2n) is 16.0. The van der Waals surface area contributed by atoms with E-state index in [1.165, 1.54) is 54.9 Å². The van der Waals surface area contributed by atoms with Crippen LogP contribution in [-0.2, 0) is 0 Å². The maximum Gasteiger partial charge on any atom is 0.0618 e. The van der Waals surface area contributed by atoms with Crippen LogP contribution in [0.2, 0.25) is 0 Å². The molecule has 0 aromatic heterocycles. The van der Waals surface area contributed by atoms with Crippen molar-refractivity contribution in [2.45, 2.75) is 0 Å². The third-order valence-electron chi connectivity index (χ3n) is 12.2. The Morgan fingerprint density at radius 2 is 0.587 bits per heavy atom. The van der Waals surface area contributed by atoms with Crippen LogP contribution in [0.4, 0.5) is 17.1 Å². The molecule has 0 heterocycles. The van der Waals surface area contributed by atoms with E-state index in [1.54, 1.807) is 0 Å². The van der Waals surface area contributed by atoms with E-state index in [9.17, 15) is 0 Å². The molecule has 0 bridgehead atoms. The minimum Gasteiger partial charge on any atom is -0.309 e. The van der Waals surface area contributed by atoms with E-state index >= 15 is 0 Å². The summed E-state index contributed by atoms with van der Waals surface area (Å²) in [6, 6.07) is 94.9. The molecular weight excluding hydrogens is 759 g/mol. The van der Waals surface area contributed by atoms with E-state index < -0.39 is 0 Å². The Balaban J connectivity index is 1.29. The number of hydrogen-bond donors (Lipinski definition) is 0. The molecule has 0 atom stereocenters. The zero-order chi connectivity index (χ0) is 42.0. The molecule has 11 aromatic carbocycles. The number of hydrogen-bond acceptors (Lipinski definition) is 1. The first-order valence-corrected chi connectivity index (χ1v) is 21.7. The lowest BCUT2D eigenvalue weighted by Crippen LogP contribution is -2.13. The maximum atomic E-state index is 2.52. The summed E-state index contributed by atoms with van der Waals surface area (Å²) in [5.74, 6) is 0. The lowest BCUT2D eigenvalue weighted by Gasteiger charge is -2.32. The zero-order valence-corrected chi connectivity index (χ0v) is 34.8. The van der Waals surface area contributed by atoms with Gasteiger partial charge in [-0.2, -0.15) is 0 Å². The molecule has 0 aliphatic rings. The van der Waals surface area contributed by atoms with Gasteiger partial charge in [-0.1, -0.05) is 231 Å². The van der Waals surface area contributed by atoms with E-state index in [2.05, 4.69) is 266 Å². The molecule has 0 saturated carbocycles. The first-order valence-electron chi connectivity index (χ1n) is 21.7. The van der Waals surface area contributed by atoms with Gasteiger partial charge in [0.1, 0.15) is 0 Å². The van der Waals surface area contributed by atoms with Crippen molar-refractivity contribution in [1.29, 1.82) is 0 Å². The van der Waals surface area contributed by atoms with Crippen LogP contribution in [-0.4, -0.2) is 0 Å². The highest BCUT2D eigenvalue weighted by atomic mass is 15.1. The standard InChI is InChI=1S/C62H43N/c1-7-22-44(23-8-1)50-40-51(45-24-9-2-10-25-45)42-53(41-50)63(62-54(46-26-11-3-12-27-46)36-21-37-55(62)47-28-13-4-14-29-47)52-38-39-57-56-34-19-20-35-58(56)60(48-30-15-5-16-31-48)61(59(57)43-52)49-32-17-6-18-33-49/h1-43H. The van der Waals surface area contributed by atoms with Gasteiger partial charge in [-0.25, -0.2) is 0 Å². The zero-order valence-electron chi connectivity index (χ0n) is 34.8. The van der Waals surface area contributed by atoms with Crippen molar-refractivity contribution in [3.05, 3.63) is 261 Å². The van der Waals surface area contributed by atoms with Crippen molar-refractivity contribution in [3.63, 3.8) is 0 Å². The predicted molar refractivity (Wildman–Crippen MR) is 269 cm³/mol. The smallest absolute Gasteiger partial charge is 0.0618 e. The highest BCUT2D eigenvalue weighted by Crippen LogP contribution is 2.51. The molecule has 0 saturated heterocycles. The summed E-state index contributed by atoms with van der Waals surface area (Å²) in [7, 11) is 0. The van der Waals surface area contributed by atoms with Gasteiger partial charge in [-0.3, -0.25) is 0 Å². The Bertz CT molecular complexity index is 3230. The van der Waals surface area contributed by atoms with Crippen LogP contribution in [0.15, 0.2) is 261 Å². The molecular formula is C62H43N. The average Bonchev–Trinajstić information content (AvgIpc) is 3.37. The third-order valence-corrected chi connectivity index (χ3v) is 12.2. The number of para-hydroxylation sites is 1. The minimum absolute atomic E-state index is 1.07. The minimum atomic E-state index is 1.07. The molecule has 1 nitrogen and oxygen atoms in total. The second-order valence-corrected chi connectivity index (χ2v) is 16.0. The Morgan fingerprint density at radius 3 is 1.06 bits per heavy atom. The summed E-state index contributed by atoms with van der Waals surface area (Å²) < 4.78 is 0. The maximum absolute atomic E-state index is 2.52. The van der Waals surface area contributed by atoms with E-state index in [1.807, 2.05) is 0 Å². The van der Waals surface area contributed by atoms with Crippen LogP contribution in [0.25, 0.3) is 88.3 Å². The van der Waals surface area contributed by atoms with Crippen LogP contribution in [0.1, 0.15) is 0 Å². The quantitative estimate of drug-likeness (QED) is 0.131. The van der Waals surface area contributed by atoms with Crippen molar-refractivity contribution < 1.29 is 0 Å². The van der Waals surface area contributed by atoms with Gasteiger partial charge in [-0.15, -0.1) is 0 Å². The summed E-state index contributed by atoms with van der Waals surface area (Å²) in [5.41, 5.74) is 17.3. The van der Waals surface area contributed by atoms with Crippen LogP contribution in [0, 0.1) is 0 Å². The predicted octanol–water partition coefficient (Wildman–Crippen LogP) is 17.5. The number of fused-ring (bicyclic) bond motifs is 3. The third kappa shape index (κ3) is 7.16. The van der Waals surface area contributed by atoms with Crippen LogP contribution in [0.5, 0.6) is 0 Å². The van der Waals surface area contributed by atoms with Gasteiger partial charge in [0, 0.05) is 22.5 Å². The molecule has 0 spiro atoms. The molecule has 1 heteroatoms. The first-order chi connectivity index (χ1) is 31.3. The molecule has 296 valence electrons. The van der Waals surface area contributed by atoms with Gasteiger partial charge in [0.15, 0.2) is 0 Å². The summed E-state index contributed by atoms with van der Waals surface area (Å²) in [6.45, 7) is 0. The molecule has 0 N–H and O–H groups in total. The fraction of sp³-hybridized carbons (Fsp3) is 0. The van der Waals surface area contributed by atoms with Crippen LogP contribution < -0.4 is 4.90 Å². The number of nitrogens with zero attached hydrogens (tertiary/aromatic N) is 1. The normalized spacial score (nSPS) is 11.2. The van der Waals surface area contributed by atoms with Gasteiger partial charge in [0.05, 0.1) is 5.69 Å². The van der Waals surface area contributed by atoms with E-state index in [-0.39, 0.29) is 0 Å². The Morgan fingerprint density at radius 1 is 0.206 bits per heavy atom. The number of anilines is 3. The molecule has 0 aliphatic carbocycles. The highest BCUT2D eigenvalue weighted by Gasteiger charge is 2.25. The summed E-state index contributed by atoms with van der Waals surface area (Å²) >= 11 is 0. The fourth-order valence-electron chi connectivity index (χ4n) is 9.36. The van der Waals surface area contributed by atoms with Gasteiger partial charge < -0.3 is 4.90 Å². The first kappa shape index (κ1) is 37.7. The van der Waals surface area contributed by atoms with E-state index in [0.29, 0.717) is 0 Å². The van der Waals surface area contributed by atoms with Gasteiger partial charge in [0.2, 0.25) is 0 Å². The molecule has 0 aliphatic heterocycles. The molecule has 0 unspecified atom stereocenters. The van der Waals surface area contributed by atoms with E-state index in [0.717, 1.165) is 50.4 Å². The Hall–Kier alpha value is -8.26. The van der Waals surface area contributed by atoms with Gasteiger partial charge in [0.25, 0.3) is 0 Å². The summed E-state index contributed by atoms with van der Waals surface area (Å²) in [4.78, 5) is 2.52. The summed E-state index contributed by atoms with van der Waals surface area (Å²) in [5, 5.41) is 4.89. The Kier molecular flexibility index (Phi) is 9.97. The molecule has 0 fully saturated rings. The SMILES string of the molecule is c1ccc(-c2cc(-c3ccccc3)cc(N(c3ccc4c(c3)c(-c3ccccc3)c(-c3ccccc3)c3ccccc34)c3c(-c4ccccc4)cccc3-c3ccccc3)c2)cc1. The lowest BCUT2D eigenvalue weighted by atomic mass is 9.84. The highest BCUT2D eigenvalue weighted by molar-refractivity contribution is 6.22. The van der Waals surface area contributed by atoms with Crippen molar-refractivity contribution in [1.82, 2.24) is 0 Å². The largest absolute Gasteiger partial charge is 0.309 e. The van der Waals surface area contributed by atoms with Gasteiger partial charge in [-0.05, 0) is 108 Å². The molecule has 63 heavy (non-hydrogen) atoms. The molecule has 11 aromatic rings. The van der Waals surface area contributed by atoms with Crippen molar-refractivity contribution in [2.75, 3.05) is 4.90 Å².